The first-order chi connectivity index (χ1) is 8.59. The summed E-state index contributed by atoms with van der Waals surface area (Å²) in [6.45, 7) is 0. The first kappa shape index (κ1) is 12.9. The first-order valence-corrected chi connectivity index (χ1v) is 7.16. The van der Waals surface area contributed by atoms with Crippen molar-refractivity contribution in [1.29, 1.82) is 0 Å². The highest BCUT2D eigenvalue weighted by atomic mass is 32.2. The second-order valence-electron chi connectivity index (χ2n) is 3.67. The van der Waals surface area contributed by atoms with E-state index in [2.05, 4.69) is 0 Å². The number of hydrogen-bond donors (Lipinski definition) is 2. The zero-order chi connectivity index (χ0) is 13.1. The average molecular weight is 281 g/mol. The van der Waals surface area contributed by atoms with Crippen molar-refractivity contribution >= 4 is 45.1 Å². The number of benzene rings is 1. The van der Waals surface area contributed by atoms with Crippen molar-refractivity contribution in [3.05, 3.63) is 34.7 Å². The highest BCUT2D eigenvalue weighted by Gasteiger charge is 2.17. The van der Waals surface area contributed by atoms with Gasteiger partial charge >= 0.3 is 5.97 Å². The lowest BCUT2D eigenvalue weighted by Crippen LogP contribution is -2.13. The Bertz CT molecular complexity index is 606. The normalized spacial score (nSPS) is 10.7. The predicted octanol–water partition coefficient (Wildman–Crippen LogP) is 2.32. The van der Waals surface area contributed by atoms with E-state index in [1.807, 2.05) is 24.3 Å². The summed E-state index contributed by atoms with van der Waals surface area (Å²) < 4.78 is 0.949. The van der Waals surface area contributed by atoms with Gasteiger partial charge in [0.25, 0.3) is 0 Å². The van der Waals surface area contributed by atoms with Crippen LogP contribution in [0.3, 0.4) is 0 Å². The molecule has 1 heterocycles. The number of thioether (sulfide) groups is 1. The smallest absolute Gasteiger partial charge is 0.346 e. The van der Waals surface area contributed by atoms with Crippen LogP contribution in [-0.4, -0.2) is 22.7 Å². The van der Waals surface area contributed by atoms with Crippen molar-refractivity contribution in [1.82, 2.24) is 0 Å². The number of carbonyl (C=O) groups excluding carboxylic acids is 1. The number of aromatic carboxylic acids is 1. The highest BCUT2D eigenvalue weighted by Crippen LogP contribution is 2.33. The summed E-state index contributed by atoms with van der Waals surface area (Å²) in [5.74, 6) is -0.639. The van der Waals surface area contributed by atoms with E-state index in [1.165, 1.54) is 23.1 Å². The maximum Gasteiger partial charge on any atom is 0.346 e. The SMILES string of the molecule is NC(=O)CSCc1c(C(=O)O)sc2ccccc12. The maximum absolute atomic E-state index is 11.2. The number of nitrogens with two attached hydrogens (primary N) is 1. The molecule has 0 aliphatic carbocycles. The lowest BCUT2D eigenvalue weighted by atomic mass is 10.1. The second-order valence-corrected chi connectivity index (χ2v) is 5.71. The Balaban J connectivity index is 2.36. The molecule has 4 nitrogen and oxygen atoms in total. The molecule has 0 spiro atoms. The molecule has 0 saturated heterocycles. The fraction of sp³-hybridized carbons (Fsp3) is 0.167. The summed E-state index contributed by atoms with van der Waals surface area (Å²) in [4.78, 5) is 22.2. The number of carboxylic acid groups (broad SMARTS) is 1. The number of rotatable bonds is 5. The molecule has 0 fully saturated rings. The summed E-state index contributed by atoms with van der Waals surface area (Å²) in [6.07, 6.45) is 0. The van der Waals surface area contributed by atoms with Gasteiger partial charge in [0.2, 0.25) is 5.91 Å². The van der Waals surface area contributed by atoms with Gasteiger partial charge in [0, 0.05) is 10.5 Å². The third-order valence-electron chi connectivity index (χ3n) is 2.38. The van der Waals surface area contributed by atoms with Crippen LogP contribution in [0.2, 0.25) is 0 Å². The topological polar surface area (TPSA) is 80.4 Å². The summed E-state index contributed by atoms with van der Waals surface area (Å²) in [5.41, 5.74) is 5.84. The summed E-state index contributed by atoms with van der Waals surface area (Å²) >= 11 is 2.60. The molecule has 3 N–H and O–H groups in total. The Hall–Kier alpha value is -1.53. The molecule has 1 aromatic heterocycles. The van der Waals surface area contributed by atoms with Crippen LogP contribution < -0.4 is 5.73 Å². The number of hydrogen-bond acceptors (Lipinski definition) is 4. The van der Waals surface area contributed by atoms with Gasteiger partial charge in [-0.1, -0.05) is 18.2 Å². The molecular weight excluding hydrogens is 270 g/mol. The van der Waals surface area contributed by atoms with Gasteiger partial charge in [0.15, 0.2) is 0 Å². The summed E-state index contributed by atoms with van der Waals surface area (Å²) in [7, 11) is 0. The Labute approximate surface area is 112 Å². The average Bonchev–Trinajstić information content (AvgIpc) is 2.68. The Morgan fingerprint density at radius 1 is 1.33 bits per heavy atom. The van der Waals surface area contributed by atoms with E-state index < -0.39 is 11.9 Å². The van der Waals surface area contributed by atoms with Crippen molar-refractivity contribution in [2.75, 3.05) is 5.75 Å². The molecule has 0 aliphatic rings. The number of thiophene rings is 1. The van der Waals surface area contributed by atoms with Crippen LogP contribution in [0.4, 0.5) is 0 Å². The van der Waals surface area contributed by atoms with Gasteiger partial charge in [-0.05, 0) is 17.0 Å². The van der Waals surface area contributed by atoms with E-state index in [-0.39, 0.29) is 5.75 Å². The molecule has 2 rings (SSSR count). The zero-order valence-corrected chi connectivity index (χ0v) is 11.0. The summed E-state index contributed by atoms with van der Waals surface area (Å²) in [6, 6.07) is 7.56. The molecule has 1 aromatic carbocycles. The van der Waals surface area contributed by atoms with Crippen molar-refractivity contribution < 1.29 is 14.7 Å². The predicted molar refractivity (Wildman–Crippen MR) is 74.1 cm³/mol. The number of carbonyl (C=O) groups is 2. The minimum absolute atomic E-state index is 0.198. The van der Waals surface area contributed by atoms with Gasteiger partial charge in [-0.15, -0.1) is 23.1 Å². The van der Waals surface area contributed by atoms with Gasteiger partial charge in [-0.2, -0.15) is 0 Å². The van der Waals surface area contributed by atoms with Gasteiger partial charge < -0.3 is 10.8 Å². The minimum atomic E-state index is -0.925. The van der Waals surface area contributed by atoms with Crippen LogP contribution in [0.5, 0.6) is 0 Å². The molecule has 0 bridgehead atoms. The lowest BCUT2D eigenvalue weighted by molar-refractivity contribution is -0.115. The zero-order valence-electron chi connectivity index (χ0n) is 9.38. The molecule has 2 aromatic rings. The van der Waals surface area contributed by atoms with Crippen molar-refractivity contribution in [2.45, 2.75) is 5.75 Å². The van der Waals surface area contributed by atoms with Crippen LogP contribution in [0, 0.1) is 0 Å². The third kappa shape index (κ3) is 2.65. The van der Waals surface area contributed by atoms with Crippen LogP contribution in [-0.2, 0) is 10.5 Å². The molecule has 0 saturated carbocycles. The molecule has 94 valence electrons. The standard InChI is InChI=1S/C12H11NO3S2/c13-10(14)6-17-5-8-7-3-1-2-4-9(7)18-11(8)12(15)16/h1-4H,5-6H2,(H2,13,14)(H,15,16). The Morgan fingerprint density at radius 3 is 2.72 bits per heavy atom. The van der Waals surface area contributed by atoms with Crippen molar-refractivity contribution in [3.63, 3.8) is 0 Å². The molecular formula is C12H11NO3S2. The van der Waals surface area contributed by atoms with Gasteiger partial charge in [-0.3, -0.25) is 4.79 Å². The highest BCUT2D eigenvalue weighted by molar-refractivity contribution is 7.99. The van der Waals surface area contributed by atoms with E-state index >= 15 is 0 Å². The molecule has 6 heteroatoms. The van der Waals surface area contributed by atoms with Crippen LogP contribution in [0.25, 0.3) is 10.1 Å². The maximum atomic E-state index is 11.2. The monoisotopic (exact) mass is 281 g/mol. The summed E-state index contributed by atoms with van der Waals surface area (Å²) in [5, 5.41) is 10.1. The number of amides is 1. The largest absolute Gasteiger partial charge is 0.477 e. The lowest BCUT2D eigenvalue weighted by Gasteiger charge is -2.00. The molecule has 1 amide bonds. The third-order valence-corrected chi connectivity index (χ3v) is 4.57. The number of primary amides is 1. The molecule has 0 radical (unpaired) electrons. The van der Waals surface area contributed by atoms with Gasteiger partial charge in [0.1, 0.15) is 4.88 Å². The minimum Gasteiger partial charge on any atom is -0.477 e. The van der Waals surface area contributed by atoms with E-state index in [0.29, 0.717) is 10.6 Å². The Kier molecular flexibility index (Phi) is 3.88. The van der Waals surface area contributed by atoms with E-state index in [0.717, 1.165) is 15.6 Å². The van der Waals surface area contributed by atoms with Crippen molar-refractivity contribution in [3.8, 4) is 0 Å². The molecule has 0 unspecified atom stereocenters. The Morgan fingerprint density at radius 2 is 2.06 bits per heavy atom. The molecule has 0 aliphatic heterocycles. The van der Waals surface area contributed by atoms with Crippen molar-refractivity contribution in [2.24, 2.45) is 5.73 Å². The van der Waals surface area contributed by atoms with Gasteiger partial charge in [0.05, 0.1) is 5.75 Å². The van der Waals surface area contributed by atoms with Crippen LogP contribution in [0.15, 0.2) is 24.3 Å². The van der Waals surface area contributed by atoms with Gasteiger partial charge in [-0.25, -0.2) is 4.79 Å². The number of carboxylic acids is 1. The van der Waals surface area contributed by atoms with Crippen LogP contribution in [0.1, 0.15) is 15.2 Å². The second kappa shape index (κ2) is 5.41. The fourth-order valence-electron chi connectivity index (χ4n) is 1.67. The fourth-order valence-corrected chi connectivity index (χ4v) is 3.63. The van der Waals surface area contributed by atoms with Crippen LogP contribution >= 0.6 is 23.1 Å². The first-order valence-electron chi connectivity index (χ1n) is 5.19. The van der Waals surface area contributed by atoms with E-state index in [9.17, 15) is 14.7 Å². The molecule has 18 heavy (non-hydrogen) atoms. The number of fused-ring (bicyclic) bond motifs is 1. The quantitative estimate of drug-likeness (QED) is 0.881. The van der Waals surface area contributed by atoms with E-state index in [4.69, 9.17) is 5.73 Å². The molecule has 0 atom stereocenters. The van der Waals surface area contributed by atoms with E-state index in [1.54, 1.807) is 0 Å².